The van der Waals surface area contributed by atoms with E-state index in [4.69, 9.17) is 7.85 Å². The van der Waals surface area contributed by atoms with Crippen LogP contribution < -0.4 is 0 Å². The van der Waals surface area contributed by atoms with Crippen molar-refractivity contribution in [3.8, 4) is 0 Å². The van der Waals surface area contributed by atoms with Crippen LogP contribution in [0.3, 0.4) is 0 Å². The summed E-state index contributed by atoms with van der Waals surface area (Å²) in [5.41, 5.74) is 3.19. The van der Waals surface area contributed by atoms with Crippen molar-refractivity contribution >= 4 is 7.85 Å². The molecule has 2 rings (SSSR count). The second-order valence-electron chi connectivity index (χ2n) is 7.65. The van der Waals surface area contributed by atoms with Gasteiger partial charge in [-0.1, -0.05) is 56.8 Å². The maximum Gasteiger partial charge on any atom is 0.0751 e. The van der Waals surface area contributed by atoms with Gasteiger partial charge in [0.25, 0.3) is 0 Å². The Kier molecular flexibility index (Phi) is 3.32. The summed E-state index contributed by atoms with van der Waals surface area (Å²) < 4.78 is 0. The average Bonchev–Trinajstić information content (AvgIpc) is 2.29. The van der Waals surface area contributed by atoms with Gasteiger partial charge in [0.15, 0.2) is 0 Å². The molecule has 1 fully saturated rings. The van der Waals surface area contributed by atoms with Gasteiger partial charge in [-0.25, -0.2) is 0 Å². The molecule has 98 valence electrons. The number of rotatable bonds is 0. The van der Waals surface area contributed by atoms with E-state index in [1.807, 2.05) is 0 Å². The first-order valence-electron chi connectivity index (χ1n) is 7.30. The first kappa shape index (κ1) is 14.0. The van der Waals surface area contributed by atoms with Crippen molar-refractivity contribution in [2.24, 2.45) is 23.2 Å². The molecule has 1 saturated carbocycles. The summed E-state index contributed by atoms with van der Waals surface area (Å²) in [5.74, 6) is 1.63. The van der Waals surface area contributed by atoms with E-state index < -0.39 is 0 Å². The van der Waals surface area contributed by atoms with Crippen molar-refractivity contribution in [3.63, 3.8) is 0 Å². The van der Waals surface area contributed by atoms with Crippen molar-refractivity contribution in [2.75, 3.05) is 0 Å². The summed E-state index contributed by atoms with van der Waals surface area (Å²) >= 11 is 0. The molecule has 0 saturated heterocycles. The third-order valence-electron chi connectivity index (χ3n) is 5.66. The lowest BCUT2D eigenvalue weighted by Crippen LogP contribution is -2.32. The van der Waals surface area contributed by atoms with Gasteiger partial charge in [0.1, 0.15) is 0 Å². The molecule has 0 spiro atoms. The summed E-state index contributed by atoms with van der Waals surface area (Å²) in [7, 11) is 6.61. The van der Waals surface area contributed by atoms with Gasteiger partial charge >= 0.3 is 0 Å². The normalized spacial score (nSPS) is 43.9. The summed E-state index contributed by atoms with van der Waals surface area (Å²) in [6.45, 7) is 16.0. The Morgan fingerprint density at radius 1 is 1.33 bits per heavy atom. The van der Waals surface area contributed by atoms with Gasteiger partial charge in [-0.2, -0.15) is 0 Å². The molecule has 3 unspecified atom stereocenters. The van der Waals surface area contributed by atoms with Crippen LogP contribution in [-0.2, 0) is 0 Å². The number of allylic oxidation sites excluding steroid dienone is 3. The van der Waals surface area contributed by atoms with Crippen LogP contribution in [0.2, 0.25) is 5.31 Å². The molecule has 0 aromatic rings. The Hall–Kier alpha value is -0.455. The third-order valence-corrected chi connectivity index (χ3v) is 5.66. The highest BCUT2D eigenvalue weighted by Crippen LogP contribution is 2.56. The molecule has 0 heterocycles. The zero-order valence-electron chi connectivity index (χ0n) is 12.7. The minimum absolute atomic E-state index is 0.0629. The van der Waals surface area contributed by atoms with Crippen molar-refractivity contribution < 1.29 is 0 Å². The van der Waals surface area contributed by atoms with Gasteiger partial charge < -0.3 is 0 Å². The molecule has 1 heteroatoms. The summed E-state index contributed by atoms with van der Waals surface area (Å²) in [6, 6.07) is 0. The fourth-order valence-electron chi connectivity index (χ4n) is 4.03. The Balaban J connectivity index is 2.42. The van der Waals surface area contributed by atoms with E-state index in [2.05, 4.69) is 47.3 Å². The first-order valence-corrected chi connectivity index (χ1v) is 7.30. The van der Waals surface area contributed by atoms with Gasteiger partial charge in [-0.15, -0.1) is 0 Å². The Morgan fingerprint density at radius 3 is 2.56 bits per heavy atom. The van der Waals surface area contributed by atoms with Crippen LogP contribution >= 0.6 is 0 Å². The Bertz CT molecular complexity index is 386. The minimum Gasteiger partial charge on any atom is -0.0990 e. The fourth-order valence-corrected chi connectivity index (χ4v) is 4.03. The van der Waals surface area contributed by atoms with Crippen LogP contribution in [0.1, 0.15) is 53.9 Å². The van der Waals surface area contributed by atoms with Gasteiger partial charge in [-0.3, -0.25) is 0 Å². The van der Waals surface area contributed by atoms with E-state index in [0.29, 0.717) is 23.2 Å². The second kappa shape index (κ2) is 4.29. The molecule has 0 amide bonds. The van der Waals surface area contributed by atoms with Crippen LogP contribution in [0.5, 0.6) is 0 Å². The molecule has 0 N–H and O–H groups in total. The minimum atomic E-state index is -0.0629. The summed E-state index contributed by atoms with van der Waals surface area (Å²) in [6.07, 6.45) is 5.97. The summed E-state index contributed by atoms with van der Waals surface area (Å²) in [5, 5.41) is -0.0629. The molecule has 0 aliphatic heterocycles. The van der Waals surface area contributed by atoms with E-state index in [1.54, 1.807) is 0 Å². The smallest absolute Gasteiger partial charge is 0.0751 e. The molecule has 2 radical (unpaired) electrons. The lowest BCUT2D eigenvalue weighted by Gasteiger charge is -2.44. The largest absolute Gasteiger partial charge is 0.0990 e. The zero-order chi connectivity index (χ0) is 13.7. The van der Waals surface area contributed by atoms with E-state index in [0.717, 1.165) is 6.42 Å². The molecule has 0 nitrogen and oxygen atoms in total. The molecule has 0 bridgehead atoms. The molecule has 2 aliphatic rings. The molecule has 18 heavy (non-hydrogen) atoms. The number of fused-ring (bicyclic) bond motifs is 1. The average molecular weight is 242 g/mol. The molecule has 2 aliphatic carbocycles. The third kappa shape index (κ3) is 2.21. The topological polar surface area (TPSA) is 0 Å². The predicted octanol–water partition coefficient (Wildman–Crippen LogP) is 4.93. The van der Waals surface area contributed by atoms with Gasteiger partial charge in [0.05, 0.1) is 7.85 Å². The molecular formula is C17H27B. The van der Waals surface area contributed by atoms with Crippen LogP contribution in [0.25, 0.3) is 0 Å². The highest BCUT2D eigenvalue weighted by molar-refractivity contribution is 6.15. The van der Waals surface area contributed by atoms with Crippen LogP contribution in [-0.4, -0.2) is 7.85 Å². The van der Waals surface area contributed by atoms with Crippen molar-refractivity contribution in [2.45, 2.75) is 59.2 Å². The zero-order valence-corrected chi connectivity index (χ0v) is 12.7. The highest BCUT2D eigenvalue weighted by atomic mass is 14.5. The quantitative estimate of drug-likeness (QED) is 0.417. The monoisotopic (exact) mass is 242 g/mol. The van der Waals surface area contributed by atoms with E-state index in [1.165, 1.54) is 24.0 Å². The predicted molar refractivity (Wildman–Crippen MR) is 80.8 cm³/mol. The van der Waals surface area contributed by atoms with Gasteiger partial charge in [0, 0.05) is 5.92 Å². The van der Waals surface area contributed by atoms with Crippen molar-refractivity contribution in [3.05, 3.63) is 23.8 Å². The van der Waals surface area contributed by atoms with Gasteiger partial charge in [-0.05, 0) is 43.4 Å². The van der Waals surface area contributed by atoms with Crippen molar-refractivity contribution in [1.82, 2.24) is 0 Å². The lowest BCUT2D eigenvalue weighted by atomic mass is 9.51. The Labute approximate surface area is 114 Å². The fraction of sp³-hybridized carbons (Fsp3) is 0.765. The molecule has 0 aromatic heterocycles. The number of hydrogen-bond acceptors (Lipinski definition) is 0. The maximum absolute atomic E-state index is 6.61. The standard InChI is InChI=1S/C17H27B/c1-11-9-14-12(2)13(3)16(4,5)8-7-15(14)17(6,18)10-11/h9,13-15H,2,7-8,10H2,1,3-6H3/t13?,14?,15?,17-/m0/s1. The molecule has 0 aromatic carbocycles. The molecule has 4 atom stereocenters. The molecular weight excluding hydrogens is 215 g/mol. The number of hydrogen-bond donors (Lipinski definition) is 0. The van der Waals surface area contributed by atoms with E-state index in [9.17, 15) is 0 Å². The summed E-state index contributed by atoms with van der Waals surface area (Å²) in [4.78, 5) is 0. The SMILES string of the molecule is [B][C@@]1(C)CC(C)=CC2C(=C)C(C)C(C)(C)CCC21. The van der Waals surface area contributed by atoms with E-state index in [-0.39, 0.29) is 5.31 Å². The first-order chi connectivity index (χ1) is 8.15. The Morgan fingerprint density at radius 2 is 1.94 bits per heavy atom. The lowest BCUT2D eigenvalue weighted by molar-refractivity contribution is 0.235. The highest BCUT2D eigenvalue weighted by Gasteiger charge is 2.44. The van der Waals surface area contributed by atoms with E-state index >= 15 is 0 Å². The van der Waals surface area contributed by atoms with Crippen LogP contribution in [0.4, 0.5) is 0 Å². The second-order valence-corrected chi connectivity index (χ2v) is 7.65. The van der Waals surface area contributed by atoms with Gasteiger partial charge in [0.2, 0.25) is 0 Å². The maximum atomic E-state index is 6.61. The van der Waals surface area contributed by atoms with Crippen LogP contribution in [0.15, 0.2) is 23.8 Å². The van der Waals surface area contributed by atoms with Crippen LogP contribution in [0, 0.1) is 23.2 Å². The van der Waals surface area contributed by atoms with Crippen molar-refractivity contribution in [1.29, 1.82) is 0 Å².